The monoisotopic (exact) mass is 319 g/mol. The maximum absolute atomic E-state index is 5.74. The number of ether oxygens (including phenoxy) is 1. The molecule has 1 aromatic carbocycles. The maximum atomic E-state index is 5.74. The van der Waals surface area contributed by atoms with Crippen molar-refractivity contribution in [1.82, 2.24) is 9.97 Å². The lowest BCUT2D eigenvalue weighted by Crippen LogP contribution is -2.20. The third-order valence-corrected chi connectivity index (χ3v) is 3.67. The van der Waals surface area contributed by atoms with E-state index >= 15 is 0 Å². The van der Waals surface area contributed by atoms with Gasteiger partial charge in [0.25, 0.3) is 0 Å². The average molecular weight is 320 g/mol. The zero-order valence-corrected chi connectivity index (χ0v) is 12.0. The Morgan fingerprint density at radius 3 is 2.79 bits per heavy atom. The molecule has 19 heavy (non-hydrogen) atoms. The smallest absolute Gasteiger partial charge is 0.229 e. The van der Waals surface area contributed by atoms with Gasteiger partial charge in [0.15, 0.2) is 0 Å². The van der Waals surface area contributed by atoms with Crippen molar-refractivity contribution in [2.24, 2.45) is 0 Å². The van der Waals surface area contributed by atoms with Gasteiger partial charge in [0.05, 0.1) is 12.3 Å². The highest BCUT2D eigenvalue weighted by Gasteiger charge is 2.19. The molecule has 2 heterocycles. The first-order valence-electron chi connectivity index (χ1n) is 6.25. The van der Waals surface area contributed by atoms with Crippen LogP contribution < -0.4 is 9.64 Å². The van der Waals surface area contributed by atoms with Crippen LogP contribution in [0.2, 0.25) is 0 Å². The quantitative estimate of drug-likeness (QED) is 0.796. The second kappa shape index (κ2) is 5.57. The van der Waals surface area contributed by atoms with Gasteiger partial charge >= 0.3 is 0 Å². The number of anilines is 2. The molecule has 0 unspecified atom stereocenters. The number of halogens is 1. The van der Waals surface area contributed by atoms with E-state index in [0.29, 0.717) is 0 Å². The fraction of sp³-hybridized carbons (Fsp3) is 0.286. The van der Waals surface area contributed by atoms with E-state index in [-0.39, 0.29) is 0 Å². The van der Waals surface area contributed by atoms with Gasteiger partial charge in [-0.2, -0.15) is 0 Å². The summed E-state index contributed by atoms with van der Waals surface area (Å²) in [6.07, 6.45) is 4.66. The van der Waals surface area contributed by atoms with E-state index in [1.54, 1.807) is 0 Å². The highest BCUT2D eigenvalue weighted by Crippen LogP contribution is 2.33. The van der Waals surface area contributed by atoms with E-state index < -0.39 is 0 Å². The van der Waals surface area contributed by atoms with Crippen LogP contribution in [0.3, 0.4) is 0 Å². The van der Waals surface area contributed by atoms with Crippen molar-refractivity contribution in [2.75, 3.05) is 18.1 Å². The number of fused-ring (bicyclic) bond motifs is 1. The molecule has 0 saturated carbocycles. The van der Waals surface area contributed by atoms with E-state index in [1.165, 1.54) is 0 Å². The van der Waals surface area contributed by atoms with Gasteiger partial charge in [0, 0.05) is 24.3 Å². The number of nitrogens with zero attached hydrogens (tertiary/aromatic N) is 3. The van der Waals surface area contributed by atoms with Crippen LogP contribution in [0, 0.1) is 0 Å². The minimum atomic E-state index is 0.725. The molecule has 0 bridgehead atoms. The molecular formula is C14H14BrN3O. The number of hydrogen-bond donors (Lipinski definition) is 0. The molecule has 1 aliphatic heterocycles. The van der Waals surface area contributed by atoms with Crippen LogP contribution >= 0.6 is 15.9 Å². The number of alkyl halides is 1. The van der Waals surface area contributed by atoms with Crippen LogP contribution in [0.15, 0.2) is 36.7 Å². The Morgan fingerprint density at radius 2 is 2.00 bits per heavy atom. The summed E-state index contributed by atoms with van der Waals surface area (Å²) in [5, 5.41) is 0.771. The van der Waals surface area contributed by atoms with Gasteiger partial charge in [0.1, 0.15) is 5.75 Å². The van der Waals surface area contributed by atoms with Gasteiger partial charge in [-0.15, -0.1) is 0 Å². The maximum Gasteiger partial charge on any atom is 0.229 e. The SMILES string of the molecule is BrCc1cnc(N2CCCOc3ccccc32)nc1. The summed E-state index contributed by atoms with van der Waals surface area (Å²) < 4.78 is 5.74. The minimum Gasteiger partial charge on any atom is -0.491 e. The molecule has 5 heteroatoms. The largest absolute Gasteiger partial charge is 0.491 e. The average Bonchev–Trinajstić information content (AvgIpc) is 2.70. The molecule has 4 nitrogen and oxygen atoms in total. The van der Waals surface area contributed by atoms with E-state index in [9.17, 15) is 0 Å². The highest BCUT2D eigenvalue weighted by molar-refractivity contribution is 9.08. The first-order chi connectivity index (χ1) is 9.38. The normalized spacial score (nSPS) is 14.5. The molecule has 1 aliphatic rings. The van der Waals surface area contributed by atoms with Crippen molar-refractivity contribution in [3.8, 4) is 5.75 Å². The molecule has 0 atom stereocenters. The van der Waals surface area contributed by atoms with Crippen LogP contribution in [-0.4, -0.2) is 23.1 Å². The molecule has 0 spiro atoms. The van der Waals surface area contributed by atoms with Gasteiger partial charge in [-0.3, -0.25) is 0 Å². The fourth-order valence-corrected chi connectivity index (χ4v) is 2.38. The van der Waals surface area contributed by atoms with Crippen LogP contribution in [0.25, 0.3) is 0 Å². The zero-order chi connectivity index (χ0) is 13.1. The van der Waals surface area contributed by atoms with Crippen molar-refractivity contribution in [3.05, 3.63) is 42.2 Å². The summed E-state index contributed by atoms with van der Waals surface area (Å²) >= 11 is 3.40. The summed E-state index contributed by atoms with van der Waals surface area (Å²) in [6.45, 7) is 1.59. The molecule has 0 fully saturated rings. The van der Waals surface area contributed by atoms with Crippen LogP contribution in [-0.2, 0) is 5.33 Å². The molecule has 2 aromatic rings. The van der Waals surface area contributed by atoms with Crippen molar-refractivity contribution < 1.29 is 4.74 Å². The molecule has 0 radical (unpaired) electrons. The van der Waals surface area contributed by atoms with Crippen LogP contribution in [0.1, 0.15) is 12.0 Å². The lowest BCUT2D eigenvalue weighted by Gasteiger charge is -2.21. The van der Waals surface area contributed by atoms with Crippen molar-refractivity contribution in [1.29, 1.82) is 0 Å². The van der Waals surface area contributed by atoms with E-state index in [4.69, 9.17) is 4.74 Å². The third kappa shape index (κ3) is 2.56. The molecule has 1 aromatic heterocycles. The highest BCUT2D eigenvalue weighted by atomic mass is 79.9. The van der Waals surface area contributed by atoms with Gasteiger partial charge in [-0.1, -0.05) is 28.1 Å². The Hall–Kier alpha value is -1.62. The van der Waals surface area contributed by atoms with Gasteiger partial charge < -0.3 is 9.64 Å². The number of rotatable bonds is 2. The van der Waals surface area contributed by atoms with Crippen molar-refractivity contribution in [2.45, 2.75) is 11.8 Å². The lowest BCUT2D eigenvalue weighted by atomic mass is 10.2. The van der Waals surface area contributed by atoms with E-state index in [2.05, 4.69) is 30.8 Å². The Balaban J connectivity index is 1.99. The Labute approximate surface area is 120 Å². The number of para-hydroxylation sites is 2. The molecular weight excluding hydrogens is 306 g/mol. The summed E-state index contributed by atoms with van der Waals surface area (Å²) in [6, 6.07) is 8.02. The molecule has 0 N–H and O–H groups in total. The van der Waals surface area contributed by atoms with E-state index in [0.717, 1.165) is 47.9 Å². The summed E-state index contributed by atoms with van der Waals surface area (Å²) in [5.74, 6) is 1.62. The Morgan fingerprint density at radius 1 is 1.21 bits per heavy atom. The summed E-state index contributed by atoms with van der Waals surface area (Å²) in [7, 11) is 0. The van der Waals surface area contributed by atoms with Crippen molar-refractivity contribution in [3.63, 3.8) is 0 Å². The van der Waals surface area contributed by atoms with Crippen molar-refractivity contribution >= 4 is 27.6 Å². The second-order valence-electron chi connectivity index (χ2n) is 4.35. The van der Waals surface area contributed by atoms with Gasteiger partial charge in [-0.05, 0) is 24.1 Å². The lowest BCUT2D eigenvalue weighted by molar-refractivity contribution is 0.322. The minimum absolute atomic E-state index is 0.725. The number of benzene rings is 1. The first kappa shape index (κ1) is 12.4. The third-order valence-electron chi connectivity index (χ3n) is 3.03. The molecule has 0 aliphatic carbocycles. The topological polar surface area (TPSA) is 38.2 Å². The predicted molar refractivity (Wildman–Crippen MR) is 78.2 cm³/mol. The standard InChI is InChI=1S/C14H14BrN3O/c15-8-11-9-16-14(17-10-11)18-6-3-7-19-13-5-2-1-4-12(13)18/h1-2,4-5,9-10H,3,6-8H2. The number of aromatic nitrogens is 2. The molecule has 0 amide bonds. The second-order valence-corrected chi connectivity index (χ2v) is 4.91. The van der Waals surface area contributed by atoms with Crippen LogP contribution in [0.4, 0.5) is 11.6 Å². The van der Waals surface area contributed by atoms with Gasteiger partial charge in [0.2, 0.25) is 5.95 Å². The molecule has 98 valence electrons. The zero-order valence-electron chi connectivity index (χ0n) is 10.4. The first-order valence-corrected chi connectivity index (χ1v) is 7.37. The van der Waals surface area contributed by atoms with E-state index in [1.807, 2.05) is 36.7 Å². The summed E-state index contributed by atoms with van der Waals surface area (Å²) in [4.78, 5) is 11.0. The Kier molecular flexibility index (Phi) is 3.64. The van der Waals surface area contributed by atoms with Gasteiger partial charge in [-0.25, -0.2) is 9.97 Å². The Bertz CT molecular complexity index is 559. The molecule has 0 saturated heterocycles. The number of hydrogen-bond acceptors (Lipinski definition) is 4. The van der Waals surface area contributed by atoms with Crippen LogP contribution in [0.5, 0.6) is 5.75 Å². The summed E-state index contributed by atoms with van der Waals surface area (Å²) in [5.41, 5.74) is 2.11. The fourth-order valence-electron chi connectivity index (χ4n) is 2.09. The molecule has 3 rings (SSSR count). The predicted octanol–water partition coefficient (Wildman–Crippen LogP) is 3.29.